The lowest BCUT2D eigenvalue weighted by Crippen LogP contribution is -2.32. The van der Waals surface area contributed by atoms with Crippen LogP contribution in [-0.2, 0) is 10.0 Å². The van der Waals surface area contributed by atoms with Gasteiger partial charge >= 0.3 is 0 Å². The van der Waals surface area contributed by atoms with Crippen LogP contribution in [0.15, 0.2) is 0 Å². The average Bonchev–Trinajstić information content (AvgIpc) is 2.64. The molecule has 0 aliphatic carbocycles. The Labute approximate surface area is 92.9 Å². The second-order valence-electron chi connectivity index (χ2n) is 4.61. The van der Waals surface area contributed by atoms with Gasteiger partial charge in [-0.3, -0.25) is 0 Å². The van der Waals surface area contributed by atoms with Gasteiger partial charge in [-0.25, -0.2) is 12.7 Å². The van der Waals surface area contributed by atoms with Crippen molar-refractivity contribution in [2.24, 2.45) is 17.6 Å². The first-order valence-corrected chi connectivity index (χ1v) is 7.26. The first-order valence-electron chi connectivity index (χ1n) is 5.65. The fourth-order valence-electron chi connectivity index (χ4n) is 1.95. The molecule has 1 heterocycles. The molecule has 1 atom stereocenters. The Morgan fingerprint density at radius 1 is 1.47 bits per heavy atom. The quantitative estimate of drug-likeness (QED) is 0.759. The van der Waals surface area contributed by atoms with Crippen molar-refractivity contribution < 1.29 is 8.42 Å². The zero-order valence-corrected chi connectivity index (χ0v) is 10.5. The summed E-state index contributed by atoms with van der Waals surface area (Å²) in [4.78, 5) is 0. The van der Waals surface area contributed by atoms with Gasteiger partial charge < -0.3 is 5.73 Å². The van der Waals surface area contributed by atoms with Gasteiger partial charge in [0.2, 0.25) is 10.0 Å². The van der Waals surface area contributed by atoms with E-state index in [-0.39, 0.29) is 5.75 Å². The molecule has 0 spiro atoms. The van der Waals surface area contributed by atoms with Crippen molar-refractivity contribution >= 4 is 10.0 Å². The molecule has 1 unspecified atom stereocenters. The van der Waals surface area contributed by atoms with Gasteiger partial charge in [-0.15, -0.1) is 0 Å². The van der Waals surface area contributed by atoms with E-state index in [4.69, 9.17) is 5.73 Å². The molecule has 0 bridgehead atoms. The molecule has 1 saturated heterocycles. The molecule has 0 radical (unpaired) electrons. The summed E-state index contributed by atoms with van der Waals surface area (Å²) in [5.41, 5.74) is 5.33. The van der Waals surface area contributed by atoms with Crippen LogP contribution < -0.4 is 5.73 Å². The minimum absolute atomic E-state index is 0.203. The molecule has 0 aromatic carbocycles. The Hall–Kier alpha value is -0.130. The van der Waals surface area contributed by atoms with Crippen LogP contribution >= 0.6 is 0 Å². The Morgan fingerprint density at radius 2 is 2.13 bits per heavy atom. The fraction of sp³-hybridized carbons (Fsp3) is 1.00. The van der Waals surface area contributed by atoms with E-state index < -0.39 is 10.0 Å². The summed E-state index contributed by atoms with van der Waals surface area (Å²) >= 11 is 0. The van der Waals surface area contributed by atoms with Crippen molar-refractivity contribution in [3.63, 3.8) is 0 Å². The molecule has 0 aromatic heterocycles. The molecule has 0 amide bonds. The predicted molar refractivity (Wildman–Crippen MR) is 62.0 cm³/mol. The molecule has 1 aliphatic rings. The molecule has 2 N–H and O–H groups in total. The summed E-state index contributed by atoms with van der Waals surface area (Å²) in [6.45, 7) is 6.14. The van der Waals surface area contributed by atoms with Crippen molar-refractivity contribution in [1.82, 2.24) is 4.31 Å². The minimum Gasteiger partial charge on any atom is -0.330 e. The average molecular weight is 234 g/mol. The molecule has 90 valence electrons. The van der Waals surface area contributed by atoms with Gasteiger partial charge in [0.1, 0.15) is 0 Å². The van der Waals surface area contributed by atoms with Crippen LogP contribution in [0.5, 0.6) is 0 Å². The summed E-state index contributed by atoms with van der Waals surface area (Å²) < 4.78 is 25.3. The maximum Gasteiger partial charge on any atom is 0.214 e. The SMILES string of the molecule is CC(C)C1CCN(S(=O)(=O)CCCN)C1. The highest BCUT2D eigenvalue weighted by atomic mass is 32.2. The summed E-state index contributed by atoms with van der Waals surface area (Å²) in [5, 5.41) is 0. The van der Waals surface area contributed by atoms with Gasteiger partial charge in [-0.1, -0.05) is 13.8 Å². The lowest BCUT2D eigenvalue weighted by molar-refractivity contribution is 0.388. The van der Waals surface area contributed by atoms with Crippen LogP contribution in [0, 0.1) is 11.8 Å². The molecule has 1 fully saturated rings. The van der Waals surface area contributed by atoms with Crippen LogP contribution in [0.2, 0.25) is 0 Å². The fourth-order valence-corrected chi connectivity index (χ4v) is 3.54. The van der Waals surface area contributed by atoms with E-state index >= 15 is 0 Å². The first kappa shape index (κ1) is 12.9. The minimum atomic E-state index is -3.04. The summed E-state index contributed by atoms with van der Waals surface area (Å²) in [6.07, 6.45) is 1.56. The summed E-state index contributed by atoms with van der Waals surface area (Å²) in [5.74, 6) is 1.30. The third-order valence-corrected chi connectivity index (χ3v) is 5.05. The molecule has 1 aliphatic heterocycles. The number of sulfonamides is 1. The summed E-state index contributed by atoms with van der Waals surface area (Å²) in [6, 6.07) is 0. The number of nitrogens with two attached hydrogens (primary N) is 1. The van der Waals surface area contributed by atoms with Crippen LogP contribution in [0.25, 0.3) is 0 Å². The maximum absolute atomic E-state index is 11.8. The standard InChI is InChI=1S/C10H22N2O2S/c1-9(2)10-4-6-12(8-10)15(13,14)7-3-5-11/h9-10H,3-8,11H2,1-2H3. The van der Waals surface area contributed by atoms with Crippen LogP contribution in [0.1, 0.15) is 26.7 Å². The molecular formula is C10H22N2O2S. The van der Waals surface area contributed by atoms with E-state index in [0.29, 0.717) is 37.9 Å². The highest BCUT2D eigenvalue weighted by molar-refractivity contribution is 7.89. The monoisotopic (exact) mass is 234 g/mol. The molecule has 0 aromatic rings. The van der Waals surface area contributed by atoms with E-state index in [2.05, 4.69) is 13.8 Å². The highest BCUT2D eigenvalue weighted by Gasteiger charge is 2.31. The third kappa shape index (κ3) is 3.43. The van der Waals surface area contributed by atoms with Gasteiger partial charge in [0.15, 0.2) is 0 Å². The number of hydrogen-bond acceptors (Lipinski definition) is 3. The first-order chi connectivity index (χ1) is 6.97. The van der Waals surface area contributed by atoms with Crippen molar-refractivity contribution in [2.45, 2.75) is 26.7 Å². The van der Waals surface area contributed by atoms with Crippen LogP contribution in [-0.4, -0.2) is 38.1 Å². The Bertz CT molecular complexity index is 288. The molecule has 0 saturated carbocycles. The van der Waals surface area contributed by atoms with Crippen molar-refractivity contribution in [3.05, 3.63) is 0 Å². The van der Waals surface area contributed by atoms with E-state index in [1.54, 1.807) is 4.31 Å². The molecule has 4 nitrogen and oxygen atoms in total. The Kier molecular flexibility index (Phi) is 4.55. The normalized spacial score (nSPS) is 23.9. The molecular weight excluding hydrogens is 212 g/mol. The zero-order valence-electron chi connectivity index (χ0n) is 9.65. The van der Waals surface area contributed by atoms with Gasteiger partial charge in [0.25, 0.3) is 0 Å². The lowest BCUT2D eigenvalue weighted by Gasteiger charge is -2.17. The third-order valence-electron chi connectivity index (χ3n) is 3.13. The smallest absolute Gasteiger partial charge is 0.214 e. The zero-order chi connectivity index (χ0) is 11.5. The highest BCUT2D eigenvalue weighted by Crippen LogP contribution is 2.25. The molecule has 5 heteroatoms. The van der Waals surface area contributed by atoms with Gasteiger partial charge in [0, 0.05) is 13.1 Å². The largest absolute Gasteiger partial charge is 0.330 e. The second kappa shape index (κ2) is 5.27. The Balaban J connectivity index is 2.52. The van der Waals surface area contributed by atoms with Crippen molar-refractivity contribution in [3.8, 4) is 0 Å². The number of hydrogen-bond donors (Lipinski definition) is 1. The van der Waals surface area contributed by atoms with Crippen LogP contribution in [0.3, 0.4) is 0 Å². The second-order valence-corrected chi connectivity index (χ2v) is 6.70. The van der Waals surface area contributed by atoms with Gasteiger partial charge in [0.05, 0.1) is 5.75 Å². The van der Waals surface area contributed by atoms with Crippen LogP contribution in [0.4, 0.5) is 0 Å². The molecule has 15 heavy (non-hydrogen) atoms. The number of rotatable bonds is 5. The summed E-state index contributed by atoms with van der Waals surface area (Å²) in [7, 11) is -3.04. The van der Waals surface area contributed by atoms with E-state index in [9.17, 15) is 8.42 Å². The van der Waals surface area contributed by atoms with Crippen molar-refractivity contribution in [1.29, 1.82) is 0 Å². The van der Waals surface area contributed by atoms with Gasteiger partial charge in [-0.05, 0) is 31.2 Å². The topological polar surface area (TPSA) is 63.4 Å². The van der Waals surface area contributed by atoms with E-state index in [0.717, 1.165) is 6.42 Å². The maximum atomic E-state index is 11.8. The Morgan fingerprint density at radius 3 is 2.60 bits per heavy atom. The predicted octanol–water partition coefficient (Wildman–Crippen LogP) is 0.643. The number of nitrogens with zero attached hydrogens (tertiary/aromatic N) is 1. The lowest BCUT2D eigenvalue weighted by atomic mass is 9.96. The van der Waals surface area contributed by atoms with E-state index in [1.807, 2.05) is 0 Å². The van der Waals surface area contributed by atoms with E-state index in [1.165, 1.54) is 0 Å². The molecule has 1 rings (SSSR count). The van der Waals surface area contributed by atoms with Crippen molar-refractivity contribution in [2.75, 3.05) is 25.4 Å². The van der Waals surface area contributed by atoms with Gasteiger partial charge in [-0.2, -0.15) is 0 Å².